The lowest BCUT2D eigenvalue weighted by molar-refractivity contribution is -0.119. The molecular weight excluding hydrogens is 364 g/mol. The van der Waals surface area contributed by atoms with Crippen molar-refractivity contribution in [2.75, 3.05) is 20.7 Å². The molecule has 0 amide bonds. The first-order valence-electron chi connectivity index (χ1n) is 10.2. The van der Waals surface area contributed by atoms with Gasteiger partial charge >= 0.3 is 0 Å². The number of hydrogen-bond donors (Lipinski definition) is 1. The van der Waals surface area contributed by atoms with Crippen LogP contribution in [0.2, 0.25) is 0 Å². The van der Waals surface area contributed by atoms with Gasteiger partial charge in [-0.3, -0.25) is 14.7 Å². The Hall–Kier alpha value is -2.73. The van der Waals surface area contributed by atoms with E-state index in [9.17, 15) is 4.79 Å². The Morgan fingerprint density at radius 2 is 2.17 bits per heavy atom. The Bertz CT molecular complexity index is 996. The van der Waals surface area contributed by atoms with E-state index >= 15 is 0 Å². The average Bonchev–Trinajstić information content (AvgIpc) is 3.14. The molecule has 4 rings (SSSR count). The van der Waals surface area contributed by atoms with Crippen molar-refractivity contribution >= 4 is 16.8 Å². The van der Waals surface area contributed by atoms with E-state index in [-0.39, 0.29) is 6.04 Å². The van der Waals surface area contributed by atoms with Crippen molar-refractivity contribution < 1.29 is 9.53 Å². The van der Waals surface area contributed by atoms with Gasteiger partial charge in [-0.15, -0.1) is 0 Å². The molecule has 152 valence electrons. The van der Waals surface area contributed by atoms with E-state index in [0.29, 0.717) is 24.5 Å². The van der Waals surface area contributed by atoms with Crippen LogP contribution < -0.4 is 4.74 Å². The second kappa shape index (κ2) is 8.33. The van der Waals surface area contributed by atoms with Crippen molar-refractivity contribution in [1.29, 1.82) is 0 Å². The zero-order valence-corrected chi connectivity index (χ0v) is 17.3. The van der Waals surface area contributed by atoms with Crippen molar-refractivity contribution in [2.45, 2.75) is 38.6 Å². The number of Topliss-reactive ketones (excluding diaryl/α,β-unsaturated/α-hetero) is 1. The molecule has 1 saturated heterocycles. The Labute approximate surface area is 171 Å². The molecule has 3 heterocycles. The van der Waals surface area contributed by atoms with Gasteiger partial charge < -0.3 is 9.72 Å². The zero-order chi connectivity index (χ0) is 20.4. The summed E-state index contributed by atoms with van der Waals surface area (Å²) in [6.07, 6.45) is 4.87. The largest absolute Gasteiger partial charge is 0.497 e. The maximum atomic E-state index is 12.6. The number of H-pyrrole nitrogens is 1. The van der Waals surface area contributed by atoms with Crippen LogP contribution in [-0.2, 0) is 11.2 Å². The van der Waals surface area contributed by atoms with Gasteiger partial charge in [-0.2, -0.15) is 0 Å². The highest BCUT2D eigenvalue weighted by Crippen LogP contribution is 2.34. The summed E-state index contributed by atoms with van der Waals surface area (Å²) in [4.78, 5) is 27.5. The molecule has 1 aliphatic rings. The number of benzene rings is 1. The lowest BCUT2D eigenvalue weighted by atomic mass is 9.86. The summed E-state index contributed by atoms with van der Waals surface area (Å²) in [5.74, 6) is 2.46. The highest BCUT2D eigenvalue weighted by atomic mass is 16.5. The molecule has 1 aromatic carbocycles. The van der Waals surface area contributed by atoms with Crippen LogP contribution in [0.1, 0.15) is 42.4 Å². The summed E-state index contributed by atoms with van der Waals surface area (Å²) in [6, 6.07) is 10.0. The molecule has 2 atom stereocenters. The number of ether oxygens (including phenoxy) is 1. The first-order chi connectivity index (χ1) is 14.0. The van der Waals surface area contributed by atoms with Crippen LogP contribution in [0, 0.1) is 12.8 Å². The lowest BCUT2D eigenvalue weighted by Crippen LogP contribution is -2.35. The fourth-order valence-corrected chi connectivity index (χ4v) is 4.18. The third-order valence-electron chi connectivity index (χ3n) is 5.89. The number of carbonyl (C=O) groups is 1. The fraction of sp³-hybridized carbons (Fsp3) is 0.435. The molecule has 3 aromatic rings. The smallest absolute Gasteiger partial charge is 0.137 e. The van der Waals surface area contributed by atoms with E-state index in [2.05, 4.69) is 21.9 Å². The summed E-state index contributed by atoms with van der Waals surface area (Å²) in [7, 11) is 3.80. The van der Waals surface area contributed by atoms with Crippen LogP contribution in [0.15, 0.2) is 36.5 Å². The third kappa shape index (κ3) is 4.48. The van der Waals surface area contributed by atoms with Crippen LogP contribution in [0.4, 0.5) is 0 Å². The number of nitrogens with zero attached hydrogens (tertiary/aromatic N) is 3. The number of fused-ring (bicyclic) bond motifs is 1. The first kappa shape index (κ1) is 19.6. The number of piperidine rings is 1. The molecule has 0 bridgehead atoms. The predicted molar refractivity (Wildman–Crippen MR) is 113 cm³/mol. The van der Waals surface area contributed by atoms with Crippen LogP contribution in [0.3, 0.4) is 0 Å². The molecular formula is C23H28N4O2. The highest BCUT2D eigenvalue weighted by Gasteiger charge is 2.30. The van der Waals surface area contributed by atoms with Crippen LogP contribution >= 0.6 is 0 Å². The van der Waals surface area contributed by atoms with Gasteiger partial charge in [0.2, 0.25) is 0 Å². The molecule has 0 radical (unpaired) electrons. The van der Waals surface area contributed by atoms with E-state index in [4.69, 9.17) is 9.72 Å². The van der Waals surface area contributed by atoms with E-state index in [1.807, 2.05) is 43.5 Å². The minimum atomic E-state index is 0.195. The molecule has 6 heteroatoms. The number of pyridine rings is 1. The second-order valence-corrected chi connectivity index (χ2v) is 8.12. The van der Waals surface area contributed by atoms with Crippen LogP contribution in [0.25, 0.3) is 11.0 Å². The normalized spacial score (nSPS) is 20.1. The number of methoxy groups -OCH3 is 1. The lowest BCUT2D eigenvalue weighted by Gasteiger charge is -2.35. The van der Waals surface area contributed by atoms with Gasteiger partial charge in [0.15, 0.2) is 0 Å². The standard InChI is InChI=1S/C23H28N4O2/c1-15-4-5-17(14-24-15)11-18(28)10-16-8-9-27(2)22(12-16)23-25-20-7-6-19(29-3)13-21(20)26-23/h4-7,13-14,16,22H,8-12H2,1-3H3,(H,25,26)/t16-,22+/m0/s1. The summed E-state index contributed by atoms with van der Waals surface area (Å²) in [5, 5.41) is 0. The maximum absolute atomic E-state index is 12.6. The van der Waals surface area contributed by atoms with Crippen molar-refractivity contribution in [2.24, 2.45) is 5.92 Å². The second-order valence-electron chi connectivity index (χ2n) is 8.12. The SMILES string of the molecule is COc1ccc2nc([C@H]3C[C@H](CC(=O)Cc4ccc(C)nc4)CCN3C)[nH]c2c1. The van der Waals surface area contributed by atoms with E-state index < -0.39 is 0 Å². The number of imidazole rings is 1. The predicted octanol–water partition coefficient (Wildman–Crippen LogP) is 3.86. The Balaban J connectivity index is 1.43. The number of hydrogen-bond acceptors (Lipinski definition) is 5. The molecule has 1 N–H and O–H groups in total. The van der Waals surface area contributed by atoms with Gasteiger partial charge in [-0.1, -0.05) is 6.07 Å². The summed E-state index contributed by atoms with van der Waals surface area (Å²) in [6.45, 7) is 2.92. The Kier molecular flexibility index (Phi) is 5.62. The number of nitrogens with one attached hydrogen (secondary N) is 1. The molecule has 1 aliphatic heterocycles. The summed E-state index contributed by atoms with van der Waals surface area (Å²) in [5.41, 5.74) is 3.90. The number of aryl methyl sites for hydroxylation is 1. The van der Waals surface area contributed by atoms with Crippen molar-refractivity contribution in [3.63, 3.8) is 0 Å². The van der Waals surface area contributed by atoms with Crippen LogP contribution in [-0.4, -0.2) is 46.3 Å². The quantitative estimate of drug-likeness (QED) is 0.690. The van der Waals surface area contributed by atoms with Gasteiger partial charge in [-0.05, 0) is 63.0 Å². The van der Waals surface area contributed by atoms with E-state index in [0.717, 1.165) is 53.3 Å². The van der Waals surface area contributed by atoms with Crippen LogP contribution in [0.5, 0.6) is 5.75 Å². The Morgan fingerprint density at radius 1 is 1.31 bits per heavy atom. The van der Waals surface area contributed by atoms with Gasteiger partial charge in [-0.25, -0.2) is 4.98 Å². The average molecular weight is 393 g/mol. The van der Waals surface area contributed by atoms with Gasteiger partial charge in [0, 0.05) is 30.8 Å². The molecule has 2 aromatic heterocycles. The number of rotatable bonds is 6. The maximum Gasteiger partial charge on any atom is 0.137 e. The van der Waals surface area contributed by atoms with Crippen molar-refractivity contribution in [3.8, 4) is 5.75 Å². The third-order valence-corrected chi connectivity index (χ3v) is 5.89. The van der Waals surface area contributed by atoms with Gasteiger partial charge in [0.05, 0.1) is 24.2 Å². The number of likely N-dealkylation sites (tertiary alicyclic amines) is 1. The molecule has 0 unspecified atom stereocenters. The minimum Gasteiger partial charge on any atom is -0.497 e. The molecule has 0 saturated carbocycles. The first-order valence-corrected chi connectivity index (χ1v) is 10.2. The monoisotopic (exact) mass is 392 g/mol. The topological polar surface area (TPSA) is 71.1 Å². The number of aromatic nitrogens is 3. The molecule has 29 heavy (non-hydrogen) atoms. The Morgan fingerprint density at radius 3 is 2.93 bits per heavy atom. The van der Waals surface area contributed by atoms with Gasteiger partial charge in [0.1, 0.15) is 17.4 Å². The molecule has 0 spiro atoms. The van der Waals surface area contributed by atoms with Gasteiger partial charge in [0.25, 0.3) is 0 Å². The molecule has 1 fully saturated rings. The highest BCUT2D eigenvalue weighted by molar-refractivity contribution is 5.81. The molecule has 6 nitrogen and oxygen atoms in total. The fourth-order valence-electron chi connectivity index (χ4n) is 4.18. The summed E-state index contributed by atoms with van der Waals surface area (Å²) < 4.78 is 5.31. The minimum absolute atomic E-state index is 0.195. The van der Waals surface area contributed by atoms with Crippen molar-refractivity contribution in [1.82, 2.24) is 19.9 Å². The zero-order valence-electron chi connectivity index (χ0n) is 17.3. The van der Waals surface area contributed by atoms with E-state index in [1.165, 1.54) is 0 Å². The van der Waals surface area contributed by atoms with E-state index in [1.54, 1.807) is 7.11 Å². The summed E-state index contributed by atoms with van der Waals surface area (Å²) >= 11 is 0. The molecule has 0 aliphatic carbocycles. The van der Waals surface area contributed by atoms with Crippen molar-refractivity contribution in [3.05, 3.63) is 53.6 Å². The number of aromatic amines is 1. The number of ketones is 1. The number of carbonyl (C=O) groups excluding carboxylic acids is 1.